The van der Waals surface area contributed by atoms with Crippen LogP contribution >= 0.6 is 0 Å². The topological polar surface area (TPSA) is 29.9 Å². The van der Waals surface area contributed by atoms with E-state index < -0.39 is 0 Å². The minimum atomic E-state index is 0.692. The molecule has 0 saturated heterocycles. The number of hydrogen-bond acceptors (Lipinski definition) is 2. The summed E-state index contributed by atoms with van der Waals surface area (Å²) in [6.45, 7) is 5.35. The Morgan fingerprint density at radius 1 is 1.10 bits per heavy atom. The Labute approximate surface area is 118 Å². The molecule has 1 aromatic carbocycles. The molecule has 0 atom stereocenters. The molecule has 3 heteroatoms. The quantitative estimate of drug-likeness (QED) is 0.674. The first-order chi connectivity index (χ1) is 9.80. The lowest BCUT2D eigenvalue weighted by Crippen LogP contribution is -2.31. The van der Waals surface area contributed by atoms with Crippen molar-refractivity contribution in [2.75, 3.05) is 0 Å². The fraction of sp³-hybridized carbons (Fsp3) is 0.294. The minimum Gasteiger partial charge on any atom is -0.436 e. The zero-order valence-corrected chi connectivity index (χ0v) is 12.0. The molecule has 0 radical (unpaired) electrons. The molecule has 3 rings (SSSR count). The van der Waals surface area contributed by atoms with Crippen LogP contribution in [0.5, 0.6) is 0 Å². The molecule has 0 bridgehead atoms. The van der Waals surface area contributed by atoms with Gasteiger partial charge in [0.25, 0.3) is 0 Å². The van der Waals surface area contributed by atoms with Crippen molar-refractivity contribution in [1.82, 2.24) is 4.98 Å². The van der Waals surface area contributed by atoms with E-state index in [1.54, 1.807) is 0 Å². The van der Waals surface area contributed by atoms with E-state index in [9.17, 15) is 0 Å². The first-order valence-corrected chi connectivity index (χ1v) is 7.19. The van der Waals surface area contributed by atoms with Crippen molar-refractivity contribution >= 4 is 11.1 Å². The third-order valence-corrected chi connectivity index (χ3v) is 3.48. The van der Waals surface area contributed by atoms with E-state index in [1.165, 1.54) is 5.56 Å². The Hall–Kier alpha value is -2.16. The molecule has 0 spiro atoms. The Bertz CT molecular complexity index is 713. The lowest BCUT2D eigenvalue weighted by atomic mass is 10.1. The highest BCUT2D eigenvalue weighted by atomic mass is 16.3. The maximum Gasteiger partial charge on any atom is 0.227 e. The van der Waals surface area contributed by atoms with Gasteiger partial charge in [-0.3, -0.25) is 0 Å². The fourth-order valence-corrected chi connectivity index (χ4v) is 2.32. The zero-order chi connectivity index (χ0) is 13.9. The summed E-state index contributed by atoms with van der Waals surface area (Å²) in [7, 11) is 0. The Morgan fingerprint density at radius 2 is 1.90 bits per heavy atom. The number of aromatic nitrogens is 2. The number of aryl methyl sites for hydroxylation is 2. The molecule has 2 aromatic heterocycles. The molecule has 0 fully saturated rings. The molecule has 3 aromatic rings. The van der Waals surface area contributed by atoms with Gasteiger partial charge in [-0.25, -0.2) is 9.55 Å². The summed E-state index contributed by atoms with van der Waals surface area (Å²) in [5, 5.41) is 0. The van der Waals surface area contributed by atoms with Gasteiger partial charge in [0.15, 0.2) is 18.0 Å². The molecule has 102 valence electrons. The highest BCUT2D eigenvalue weighted by Gasteiger charge is 2.10. The average Bonchev–Trinajstić information content (AvgIpc) is 2.91. The van der Waals surface area contributed by atoms with Crippen LogP contribution in [0.25, 0.3) is 22.6 Å². The van der Waals surface area contributed by atoms with Gasteiger partial charge in [0.05, 0.1) is 0 Å². The second-order valence-electron chi connectivity index (χ2n) is 5.00. The maximum absolute atomic E-state index is 5.83. The van der Waals surface area contributed by atoms with E-state index >= 15 is 0 Å². The number of nitrogens with zero attached hydrogens (tertiary/aromatic N) is 2. The SMILES string of the molecule is CCC[n+]1ccc(-c2nc3cc(CC)ccc3o2)cc1. The second-order valence-corrected chi connectivity index (χ2v) is 5.00. The van der Waals surface area contributed by atoms with Crippen LogP contribution in [0.1, 0.15) is 25.8 Å². The van der Waals surface area contributed by atoms with Gasteiger partial charge in [-0.1, -0.05) is 19.9 Å². The molecule has 0 aliphatic carbocycles. The third-order valence-electron chi connectivity index (χ3n) is 3.48. The summed E-state index contributed by atoms with van der Waals surface area (Å²) in [4.78, 5) is 4.59. The first-order valence-electron chi connectivity index (χ1n) is 7.19. The summed E-state index contributed by atoms with van der Waals surface area (Å²) >= 11 is 0. The molecule has 0 N–H and O–H groups in total. The standard InChI is InChI=1S/C17H19N2O/c1-3-9-19-10-7-14(8-11-19)17-18-15-12-13(4-2)5-6-16(15)20-17/h5-8,10-12H,3-4,9H2,1-2H3/q+1. The van der Waals surface area contributed by atoms with E-state index in [0.717, 1.165) is 36.0 Å². The normalized spacial score (nSPS) is 11.1. The monoisotopic (exact) mass is 267 g/mol. The van der Waals surface area contributed by atoms with Crippen LogP contribution < -0.4 is 4.57 Å². The van der Waals surface area contributed by atoms with Gasteiger partial charge in [-0.15, -0.1) is 0 Å². The molecule has 3 nitrogen and oxygen atoms in total. The van der Waals surface area contributed by atoms with Crippen LogP contribution in [0.2, 0.25) is 0 Å². The van der Waals surface area contributed by atoms with Gasteiger partial charge in [0.1, 0.15) is 12.1 Å². The fourth-order valence-electron chi connectivity index (χ4n) is 2.32. The predicted octanol–water partition coefficient (Wildman–Crippen LogP) is 3.75. The summed E-state index contributed by atoms with van der Waals surface area (Å²) in [5.74, 6) is 0.692. The average molecular weight is 267 g/mol. The van der Waals surface area contributed by atoms with Crippen molar-refractivity contribution in [3.63, 3.8) is 0 Å². The number of fused-ring (bicyclic) bond motifs is 1. The van der Waals surface area contributed by atoms with Crippen LogP contribution in [-0.4, -0.2) is 4.98 Å². The van der Waals surface area contributed by atoms with Crippen LogP contribution in [0.3, 0.4) is 0 Å². The molecule has 0 amide bonds. The Kier molecular flexibility index (Phi) is 3.50. The molecule has 0 aliphatic rings. The highest BCUT2D eigenvalue weighted by Crippen LogP contribution is 2.24. The van der Waals surface area contributed by atoms with Crippen molar-refractivity contribution in [3.05, 3.63) is 48.3 Å². The first kappa shape index (κ1) is 12.9. The Balaban J connectivity index is 1.96. The van der Waals surface area contributed by atoms with E-state index in [-0.39, 0.29) is 0 Å². The van der Waals surface area contributed by atoms with Gasteiger partial charge in [-0.2, -0.15) is 0 Å². The van der Waals surface area contributed by atoms with E-state index in [4.69, 9.17) is 4.42 Å². The zero-order valence-electron chi connectivity index (χ0n) is 12.0. The molecule has 0 saturated carbocycles. The predicted molar refractivity (Wildman–Crippen MR) is 79.3 cm³/mol. The van der Waals surface area contributed by atoms with Gasteiger partial charge in [0.2, 0.25) is 5.89 Å². The van der Waals surface area contributed by atoms with Crippen LogP contribution in [0.4, 0.5) is 0 Å². The lowest BCUT2D eigenvalue weighted by Gasteiger charge is -1.95. The second kappa shape index (κ2) is 5.45. The van der Waals surface area contributed by atoms with E-state index in [0.29, 0.717) is 5.89 Å². The number of rotatable bonds is 4. The third kappa shape index (κ3) is 2.44. The molecular weight excluding hydrogens is 248 g/mol. The maximum atomic E-state index is 5.83. The van der Waals surface area contributed by atoms with Gasteiger partial charge in [-0.05, 0) is 24.1 Å². The van der Waals surface area contributed by atoms with Crippen molar-refractivity contribution in [2.45, 2.75) is 33.2 Å². The molecular formula is C17H19N2O+. The number of pyridine rings is 1. The summed E-state index contributed by atoms with van der Waals surface area (Å²) in [5.41, 5.74) is 4.09. The number of oxazole rings is 1. The van der Waals surface area contributed by atoms with Crippen molar-refractivity contribution < 1.29 is 8.98 Å². The van der Waals surface area contributed by atoms with Gasteiger partial charge >= 0.3 is 0 Å². The lowest BCUT2D eigenvalue weighted by molar-refractivity contribution is -0.696. The van der Waals surface area contributed by atoms with Crippen molar-refractivity contribution in [1.29, 1.82) is 0 Å². The van der Waals surface area contributed by atoms with Crippen LogP contribution in [-0.2, 0) is 13.0 Å². The molecule has 2 heterocycles. The van der Waals surface area contributed by atoms with E-state index in [2.05, 4.69) is 60.1 Å². The van der Waals surface area contributed by atoms with E-state index in [1.807, 2.05) is 6.07 Å². The molecule has 20 heavy (non-hydrogen) atoms. The number of benzene rings is 1. The molecule has 0 aliphatic heterocycles. The summed E-state index contributed by atoms with van der Waals surface area (Å²) in [6.07, 6.45) is 6.30. The summed E-state index contributed by atoms with van der Waals surface area (Å²) in [6, 6.07) is 10.3. The van der Waals surface area contributed by atoms with Crippen molar-refractivity contribution in [3.8, 4) is 11.5 Å². The number of hydrogen-bond donors (Lipinski definition) is 0. The largest absolute Gasteiger partial charge is 0.436 e. The summed E-state index contributed by atoms with van der Waals surface area (Å²) < 4.78 is 8.00. The Morgan fingerprint density at radius 3 is 2.60 bits per heavy atom. The van der Waals surface area contributed by atoms with Crippen LogP contribution in [0, 0.1) is 0 Å². The van der Waals surface area contributed by atoms with Crippen LogP contribution in [0.15, 0.2) is 47.1 Å². The smallest absolute Gasteiger partial charge is 0.227 e. The molecule has 0 unspecified atom stereocenters. The van der Waals surface area contributed by atoms with Gasteiger partial charge < -0.3 is 4.42 Å². The highest BCUT2D eigenvalue weighted by molar-refractivity contribution is 5.76. The van der Waals surface area contributed by atoms with Crippen molar-refractivity contribution in [2.24, 2.45) is 0 Å². The minimum absolute atomic E-state index is 0.692. The van der Waals surface area contributed by atoms with Gasteiger partial charge in [0, 0.05) is 24.1 Å².